The number of ether oxygens (including phenoxy) is 2. The van der Waals surface area contributed by atoms with Crippen molar-refractivity contribution in [2.24, 2.45) is 5.92 Å². The molecule has 0 aromatic heterocycles. The van der Waals surface area contributed by atoms with Gasteiger partial charge in [0.25, 0.3) is 0 Å². The lowest BCUT2D eigenvalue weighted by atomic mass is 9.96. The van der Waals surface area contributed by atoms with Crippen LogP contribution in [0, 0.1) is 5.92 Å². The molecule has 1 fully saturated rings. The van der Waals surface area contributed by atoms with Gasteiger partial charge >= 0.3 is 5.97 Å². The standard InChI is InChI=1S/C19H28N2O4/c1-19(2,3)25-17(22)13-21-11-9-14(10-12-21)18(23)20-15-7-5-6-8-16(15)24-4/h5-8,14H,9-13H2,1-4H3,(H,20,23). The Morgan fingerprint density at radius 2 is 1.84 bits per heavy atom. The first-order chi connectivity index (χ1) is 11.8. The molecule has 25 heavy (non-hydrogen) atoms. The van der Waals surface area contributed by atoms with Gasteiger partial charge in [-0.1, -0.05) is 12.1 Å². The number of likely N-dealkylation sites (tertiary alicyclic amines) is 1. The number of anilines is 1. The Morgan fingerprint density at radius 3 is 2.44 bits per heavy atom. The van der Waals surface area contributed by atoms with Crippen LogP contribution in [-0.2, 0) is 14.3 Å². The van der Waals surface area contributed by atoms with Crippen molar-refractivity contribution in [1.82, 2.24) is 4.90 Å². The summed E-state index contributed by atoms with van der Waals surface area (Å²) in [5.74, 6) is 0.379. The van der Waals surface area contributed by atoms with Crippen LogP contribution in [0.2, 0.25) is 0 Å². The summed E-state index contributed by atoms with van der Waals surface area (Å²) in [6, 6.07) is 7.37. The Labute approximate surface area is 149 Å². The van der Waals surface area contributed by atoms with Crippen LogP contribution in [0.4, 0.5) is 5.69 Å². The molecule has 1 aliphatic heterocycles. The number of rotatable bonds is 5. The molecule has 0 radical (unpaired) electrons. The molecule has 1 aromatic carbocycles. The number of hydrogen-bond donors (Lipinski definition) is 1. The molecule has 138 valence electrons. The highest BCUT2D eigenvalue weighted by molar-refractivity contribution is 5.94. The quantitative estimate of drug-likeness (QED) is 0.829. The van der Waals surface area contributed by atoms with E-state index in [9.17, 15) is 9.59 Å². The minimum absolute atomic E-state index is 0.00131. The monoisotopic (exact) mass is 348 g/mol. The van der Waals surface area contributed by atoms with Crippen LogP contribution < -0.4 is 10.1 Å². The van der Waals surface area contributed by atoms with Gasteiger partial charge in [0, 0.05) is 5.92 Å². The molecule has 0 spiro atoms. The van der Waals surface area contributed by atoms with Crippen LogP contribution in [0.1, 0.15) is 33.6 Å². The maximum absolute atomic E-state index is 12.5. The molecule has 0 aliphatic carbocycles. The van der Waals surface area contributed by atoms with Crippen molar-refractivity contribution in [2.45, 2.75) is 39.2 Å². The van der Waals surface area contributed by atoms with E-state index in [4.69, 9.17) is 9.47 Å². The zero-order valence-electron chi connectivity index (χ0n) is 15.5. The van der Waals surface area contributed by atoms with Gasteiger partial charge in [0.15, 0.2) is 0 Å². The van der Waals surface area contributed by atoms with Crippen molar-refractivity contribution < 1.29 is 19.1 Å². The number of amides is 1. The van der Waals surface area contributed by atoms with Crippen LogP contribution in [0.15, 0.2) is 24.3 Å². The number of carbonyl (C=O) groups excluding carboxylic acids is 2. The summed E-state index contributed by atoms with van der Waals surface area (Å²) in [4.78, 5) is 26.4. The summed E-state index contributed by atoms with van der Waals surface area (Å²) in [6.07, 6.45) is 1.45. The molecule has 1 heterocycles. The zero-order valence-corrected chi connectivity index (χ0v) is 15.5. The molecule has 2 rings (SSSR count). The molecule has 0 saturated carbocycles. The van der Waals surface area contributed by atoms with E-state index in [0.717, 1.165) is 12.8 Å². The molecule has 6 heteroatoms. The smallest absolute Gasteiger partial charge is 0.320 e. The first kappa shape index (κ1) is 19.2. The first-order valence-electron chi connectivity index (χ1n) is 8.66. The maximum atomic E-state index is 12.5. The average molecular weight is 348 g/mol. The molecule has 1 aromatic rings. The molecule has 1 saturated heterocycles. The van der Waals surface area contributed by atoms with Crippen molar-refractivity contribution in [3.8, 4) is 5.75 Å². The molecule has 0 unspecified atom stereocenters. The average Bonchev–Trinajstić information content (AvgIpc) is 2.54. The molecular weight excluding hydrogens is 320 g/mol. The molecule has 0 bridgehead atoms. The highest BCUT2D eigenvalue weighted by Crippen LogP contribution is 2.25. The fraction of sp³-hybridized carbons (Fsp3) is 0.579. The Hall–Kier alpha value is -2.08. The molecule has 1 amide bonds. The fourth-order valence-electron chi connectivity index (χ4n) is 2.89. The van der Waals surface area contributed by atoms with E-state index < -0.39 is 5.60 Å². The molecular formula is C19H28N2O4. The van der Waals surface area contributed by atoms with Gasteiger partial charge in [0.2, 0.25) is 5.91 Å². The van der Waals surface area contributed by atoms with Crippen molar-refractivity contribution >= 4 is 17.6 Å². The van der Waals surface area contributed by atoms with Crippen molar-refractivity contribution in [2.75, 3.05) is 32.1 Å². The predicted octanol–water partition coefficient (Wildman–Crippen LogP) is 2.69. The summed E-state index contributed by atoms with van der Waals surface area (Å²) in [5.41, 5.74) is 0.218. The van der Waals surface area contributed by atoms with E-state index in [0.29, 0.717) is 24.5 Å². The minimum atomic E-state index is -0.468. The highest BCUT2D eigenvalue weighted by atomic mass is 16.6. The second-order valence-corrected chi connectivity index (χ2v) is 7.33. The third-order valence-corrected chi connectivity index (χ3v) is 4.10. The summed E-state index contributed by atoms with van der Waals surface area (Å²) < 4.78 is 10.6. The lowest BCUT2D eigenvalue weighted by Gasteiger charge is -2.31. The van der Waals surface area contributed by atoms with E-state index in [2.05, 4.69) is 5.32 Å². The van der Waals surface area contributed by atoms with E-state index >= 15 is 0 Å². The van der Waals surface area contributed by atoms with Crippen LogP contribution in [0.3, 0.4) is 0 Å². The number of nitrogens with one attached hydrogen (secondary N) is 1. The first-order valence-corrected chi connectivity index (χ1v) is 8.66. The summed E-state index contributed by atoms with van der Waals surface area (Å²) in [6.45, 7) is 7.28. The third-order valence-electron chi connectivity index (χ3n) is 4.10. The van der Waals surface area contributed by atoms with Gasteiger partial charge in [-0.2, -0.15) is 0 Å². The van der Waals surface area contributed by atoms with Crippen molar-refractivity contribution in [3.05, 3.63) is 24.3 Å². The Bertz CT molecular complexity index is 602. The number of piperidine rings is 1. The fourth-order valence-corrected chi connectivity index (χ4v) is 2.89. The largest absolute Gasteiger partial charge is 0.495 e. The van der Waals surface area contributed by atoms with Gasteiger partial charge in [-0.15, -0.1) is 0 Å². The van der Waals surface area contributed by atoms with Gasteiger partial charge < -0.3 is 14.8 Å². The third kappa shape index (κ3) is 6.05. The van der Waals surface area contributed by atoms with Gasteiger partial charge in [-0.05, 0) is 58.8 Å². The van der Waals surface area contributed by atoms with Crippen LogP contribution in [0.25, 0.3) is 0 Å². The van der Waals surface area contributed by atoms with Crippen molar-refractivity contribution in [3.63, 3.8) is 0 Å². The second kappa shape index (κ2) is 8.34. The number of methoxy groups -OCH3 is 1. The summed E-state index contributed by atoms with van der Waals surface area (Å²) in [5, 5.41) is 2.94. The minimum Gasteiger partial charge on any atom is -0.495 e. The number of hydrogen-bond acceptors (Lipinski definition) is 5. The van der Waals surface area contributed by atoms with Crippen LogP contribution in [-0.4, -0.2) is 49.1 Å². The molecule has 6 nitrogen and oxygen atoms in total. The number of esters is 1. The zero-order chi connectivity index (χ0) is 18.4. The van der Waals surface area contributed by atoms with Crippen molar-refractivity contribution in [1.29, 1.82) is 0 Å². The predicted molar refractivity (Wildman–Crippen MR) is 96.6 cm³/mol. The SMILES string of the molecule is COc1ccccc1NC(=O)C1CCN(CC(=O)OC(C)(C)C)CC1. The molecule has 1 N–H and O–H groups in total. The normalized spacial score (nSPS) is 16.3. The lowest BCUT2D eigenvalue weighted by Crippen LogP contribution is -2.42. The van der Waals surface area contributed by atoms with E-state index in [-0.39, 0.29) is 24.3 Å². The number of benzene rings is 1. The van der Waals surface area contributed by atoms with Gasteiger partial charge in [0.1, 0.15) is 11.4 Å². The van der Waals surface area contributed by atoms with E-state index in [1.54, 1.807) is 7.11 Å². The Kier molecular flexibility index (Phi) is 6.42. The number of nitrogens with zero attached hydrogens (tertiary/aromatic N) is 1. The van der Waals surface area contributed by atoms with E-state index in [1.807, 2.05) is 49.9 Å². The maximum Gasteiger partial charge on any atom is 0.320 e. The van der Waals surface area contributed by atoms with E-state index in [1.165, 1.54) is 0 Å². The Balaban J connectivity index is 1.81. The second-order valence-electron chi connectivity index (χ2n) is 7.33. The molecule has 1 aliphatic rings. The van der Waals surface area contributed by atoms with Gasteiger partial charge in [0.05, 0.1) is 19.3 Å². The van der Waals surface area contributed by atoms with Gasteiger partial charge in [-0.3, -0.25) is 14.5 Å². The topological polar surface area (TPSA) is 67.9 Å². The Morgan fingerprint density at radius 1 is 1.20 bits per heavy atom. The highest BCUT2D eigenvalue weighted by Gasteiger charge is 2.27. The van der Waals surface area contributed by atoms with Crippen LogP contribution in [0.5, 0.6) is 5.75 Å². The summed E-state index contributed by atoms with van der Waals surface area (Å²) in [7, 11) is 1.58. The lowest BCUT2D eigenvalue weighted by molar-refractivity contribution is -0.156. The summed E-state index contributed by atoms with van der Waals surface area (Å²) >= 11 is 0. The van der Waals surface area contributed by atoms with Crippen LogP contribution >= 0.6 is 0 Å². The van der Waals surface area contributed by atoms with Gasteiger partial charge in [-0.25, -0.2) is 0 Å². The molecule has 0 atom stereocenters. The number of para-hydroxylation sites is 2. The number of carbonyl (C=O) groups is 2.